The second kappa shape index (κ2) is 5.08. The van der Waals surface area contributed by atoms with Crippen LogP contribution in [0, 0.1) is 0 Å². The van der Waals surface area contributed by atoms with Gasteiger partial charge in [-0.05, 0) is 17.7 Å². The summed E-state index contributed by atoms with van der Waals surface area (Å²) in [4.78, 5) is 12.3. The molecule has 0 saturated carbocycles. The highest BCUT2D eigenvalue weighted by molar-refractivity contribution is 5.78. The maximum absolute atomic E-state index is 12.9. The van der Waals surface area contributed by atoms with Crippen molar-refractivity contribution in [3.63, 3.8) is 0 Å². The molecule has 1 aromatic carbocycles. The summed E-state index contributed by atoms with van der Waals surface area (Å²) in [6, 6.07) is 4.20. The summed E-state index contributed by atoms with van der Waals surface area (Å²) < 4.78 is 38.6. The first-order valence-corrected chi connectivity index (χ1v) is 5.71. The molecule has 1 heterocycles. The molecule has 4 nitrogen and oxygen atoms in total. The average Bonchev–Trinajstić information content (AvgIpc) is 2.30. The van der Waals surface area contributed by atoms with Crippen LogP contribution in [0.2, 0.25) is 0 Å². The van der Waals surface area contributed by atoms with Crippen LogP contribution in [0.15, 0.2) is 24.3 Å². The zero-order valence-electron chi connectivity index (χ0n) is 9.94. The summed E-state index contributed by atoms with van der Waals surface area (Å²) in [7, 11) is 0. The molecule has 0 bridgehead atoms. The molecule has 1 amide bonds. The topological polar surface area (TPSA) is 52.6 Å². The maximum Gasteiger partial charge on any atom is 0.405 e. The van der Waals surface area contributed by atoms with E-state index < -0.39 is 24.7 Å². The van der Waals surface area contributed by atoms with Crippen LogP contribution in [0.3, 0.4) is 0 Å². The predicted octanol–water partition coefficient (Wildman–Crippen LogP) is 1.25. The first-order valence-electron chi connectivity index (χ1n) is 5.71. The van der Waals surface area contributed by atoms with Crippen molar-refractivity contribution in [3.8, 4) is 5.75 Å². The summed E-state index contributed by atoms with van der Waals surface area (Å²) >= 11 is 0. The number of hydrogen-bond donors (Lipinski definition) is 2. The van der Waals surface area contributed by atoms with E-state index in [4.69, 9.17) is 5.11 Å². The molecule has 1 saturated heterocycles. The second-order valence-electron chi connectivity index (χ2n) is 4.43. The third-order valence-electron chi connectivity index (χ3n) is 2.98. The standard InChI is InChI=1S/C12H13F3N2O2/c13-12(14,15)10-5-16-11(19)7-17(10)6-8-1-3-9(18)4-2-8/h1-4,10,18H,5-7H2,(H,16,19). The smallest absolute Gasteiger partial charge is 0.405 e. The van der Waals surface area contributed by atoms with Gasteiger partial charge in [0.25, 0.3) is 0 Å². The van der Waals surface area contributed by atoms with Crippen molar-refractivity contribution in [2.75, 3.05) is 13.1 Å². The number of hydrogen-bond acceptors (Lipinski definition) is 3. The van der Waals surface area contributed by atoms with E-state index in [1.807, 2.05) is 0 Å². The fraction of sp³-hybridized carbons (Fsp3) is 0.417. The molecule has 0 aromatic heterocycles. The largest absolute Gasteiger partial charge is 0.508 e. The zero-order valence-corrected chi connectivity index (χ0v) is 9.94. The van der Waals surface area contributed by atoms with E-state index in [2.05, 4.69) is 5.32 Å². The van der Waals surface area contributed by atoms with Crippen LogP contribution in [0.4, 0.5) is 13.2 Å². The molecule has 1 unspecified atom stereocenters. The second-order valence-corrected chi connectivity index (χ2v) is 4.43. The van der Waals surface area contributed by atoms with Gasteiger partial charge in [-0.2, -0.15) is 13.2 Å². The number of alkyl halides is 3. The fourth-order valence-corrected chi connectivity index (χ4v) is 2.01. The van der Waals surface area contributed by atoms with E-state index in [1.165, 1.54) is 24.3 Å². The number of piperazine rings is 1. The SMILES string of the molecule is O=C1CN(Cc2ccc(O)cc2)C(C(F)(F)F)CN1. The summed E-state index contributed by atoms with van der Waals surface area (Å²) in [5, 5.41) is 11.4. The molecule has 2 N–H and O–H groups in total. The first-order chi connectivity index (χ1) is 8.86. The van der Waals surface area contributed by atoms with E-state index in [0.29, 0.717) is 5.56 Å². The average molecular weight is 274 g/mol. The predicted molar refractivity (Wildman–Crippen MR) is 61.4 cm³/mol. The summed E-state index contributed by atoms with van der Waals surface area (Å²) in [5.74, 6) is -0.369. The number of amides is 1. The number of halogens is 3. The lowest BCUT2D eigenvalue weighted by molar-refractivity contribution is -0.190. The Hall–Kier alpha value is -1.76. The molecule has 1 atom stereocenters. The molecule has 104 valence electrons. The Balaban J connectivity index is 2.14. The van der Waals surface area contributed by atoms with Crippen molar-refractivity contribution in [1.29, 1.82) is 0 Å². The van der Waals surface area contributed by atoms with E-state index in [9.17, 15) is 18.0 Å². The minimum Gasteiger partial charge on any atom is -0.508 e. The minimum absolute atomic E-state index is 0.0118. The van der Waals surface area contributed by atoms with Crippen molar-refractivity contribution in [2.24, 2.45) is 0 Å². The Morgan fingerprint density at radius 3 is 2.53 bits per heavy atom. The van der Waals surface area contributed by atoms with E-state index >= 15 is 0 Å². The number of rotatable bonds is 2. The van der Waals surface area contributed by atoms with Crippen LogP contribution >= 0.6 is 0 Å². The van der Waals surface area contributed by atoms with Crippen LogP contribution < -0.4 is 5.32 Å². The third-order valence-corrected chi connectivity index (χ3v) is 2.98. The van der Waals surface area contributed by atoms with E-state index in [1.54, 1.807) is 0 Å². The highest BCUT2D eigenvalue weighted by Gasteiger charge is 2.46. The molecule has 19 heavy (non-hydrogen) atoms. The molecule has 1 aliphatic rings. The van der Waals surface area contributed by atoms with Crippen LogP contribution in [0.25, 0.3) is 0 Å². The van der Waals surface area contributed by atoms with E-state index in [0.717, 1.165) is 4.90 Å². The van der Waals surface area contributed by atoms with Gasteiger partial charge in [0.05, 0.1) is 6.54 Å². The zero-order chi connectivity index (χ0) is 14.0. The van der Waals surface area contributed by atoms with Gasteiger partial charge in [0.15, 0.2) is 0 Å². The Kier molecular flexibility index (Phi) is 3.66. The lowest BCUT2D eigenvalue weighted by Gasteiger charge is -2.36. The summed E-state index contributed by atoms with van der Waals surface area (Å²) in [6.45, 7) is -0.705. The van der Waals surface area contributed by atoms with Crippen LogP contribution in [-0.2, 0) is 11.3 Å². The van der Waals surface area contributed by atoms with Crippen LogP contribution in [0.5, 0.6) is 5.75 Å². The number of phenols is 1. The number of carbonyl (C=O) groups excluding carboxylic acids is 1. The van der Waals surface area contributed by atoms with Gasteiger partial charge in [0.2, 0.25) is 5.91 Å². The Morgan fingerprint density at radius 1 is 1.32 bits per heavy atom. The maximum atomic E-state index is 12.9. The number of aromatic hydroxyl groups is 1. The lowest BCUT2D eigenvalue weighted by Crippen LogP contribution is -2.59. The normalized spacial score (nSPS) is 21.2. The lowest BCUT2D eigenvalue weighted by atomic mass is 10.1. The van der Waals surface area contributed by atoms with Crippen LogP contribution in [0.1, 0.15) is 5.56 Å². The number of carbonyl (C=O) groups is 1. The van der Waals surface area contributed by atoms with Gasteiger partial charge < -0.3 is 10.4 Å². The van der Waals surface area contributed by atoms with Crippen molar-refractivity contribution in [3.05, 3.63) is 29.8 Å². The van der Waals surface area contributed by atoms with Gasteiger partial charge in [-0.25, -0.2) is 0 Å². The molecular weight excluding hydrogens is 261 g/mol. The van der Waals surface area contributed by atoms with E-state index in [-0.39, 0.29) is 18.8 Å². The number of benzene rings is 1. The van der Waals surface area contributed by atoms with Gasteiger partial charge in [0, 0.05) is 13.1 Å². The summed E-state index contributed by atoms with van der Waals surface area (Å²) in [6.07, 6.45) is -4.38. The van der Waals surface area contributed by atoms with Crippen molar-refractivity contribution >= 4 is 5.91 Å². The summed E-state index contributed by atoms with van der Waals surface area (Å²) in [5.41, 5.74) is 0.613. The molecule has 2 rings (SSSR count). The van der Waals surface area contributed by atoms with Crippen molar-refractivity contribution in [1.82, 2.24) is 10.2 Å². The molecule has 1 aromatic rings. The molecule has 1 aliphatic heterocycles. The molecular formula is C12H13F3N2O2. The van der Waals surface area contributed by atoms with Gasteiger partial charge in [0.1, 0.15) is 11.8 Å². The Morgan fingerprint density at radius 2 is 1.95 bits per heavy atom. The van der Waals surface area contributed by atoms with Crippen molar-refractivity contribution < 1.29 is 23.1 Å². The van der Waals surface area contributed by atoms with Crippen molar-refractivity contribution in [2.45, 2.75) is 18.8 Å². The molecule has 0 aliphatic carbocycles. The minimum atomic E-state index is -4.38. The van der Waals surface area contributed by atoms with Gasteiger partial charge in [-0.15, -0.1) is 0 Å². The molecule has 7 heteroatoms. The Labute approximate surface area is 107 Å². The van der Waals surface area contributed by atoms with Gasteiger partial charge >= 0.3 is 6.18 Å². The molecule has 1 fully saturated rings. The number of phenolic OH excluding ortho intramolecular Hbond substituents is 1. The fourth-order valence-electron chi connectivity index (χ4n) is 2.01. The number of nitrogens with one attached hydrogen (secondary N) is 1. The monoisotopic (exact) mass is 274 g/mol. The highest BCUT2D eigenvalue weighted by Crippen LogP contribution is 2.27. The van der Waals surface area contributed by atoms with Gasteiger partial charge in [-0.3, -0.25) is 9.69 Å². The van der Waals surface area contributed by atoms with Crippen LogP contribution in [-0.4, -0.2) is 41.2 Å². The highest BCUT2D eigenvalue weighted by atomic mass is 19.4. The quantitative estimate of drug-likeness (QED) is 0.853. The van der Waals surface area contributed by atoms with Gasteiger partial charge in [-0.1, -0.05) is 12.1 Å². The number of nitrogens with zero attached hydrogens (tertiary/aromatic N) is 1. The molecule has 0 spiro atoms. The first kappa shape index (κ1) is 13.7. The Bertz CT molecular complexity index is 459. The third kappa shape index (κ3) is 3.37. The molecule has 0 radical (unpaired) electrons.